The second-order valence-electron chi connectivity index (χ2n) is 7.82. The number of aromatic amines is 1. The second kappa shape index (κ2) is 9.04. The molecule has 2 aromatic carbocycles. The highest BCUT2D eigenvalue weighted by molar-refractivity contribution is 5.95. The zero-order valence-electron chi connectivity index (χ0n) is 18.1. The molecule has 4 rings (SSSR count). The first-order valence-electron chi connectivity index (χ1n) is 10.5. The fourth-order valence-corrected chi connectivity index (χ4v) is 4.04. The minimum absolute atomic E-state index is 0.0562. The fraction of sp³-hybridized carbons (Fsp3) is 0.231. The van der Waals surface area contributed by atoms with Crippen LogP contribution in [0.25, 0.3) is 22.2 Å². The first kappa shape index (κ1) is 20.7. The molecule has 5 nitrogen and oxygen atoms in total. The van der Waals surface area contributed by atoms with Crippen LogP contribution in [0.2, 0.25) is 0 Å². The third-order valence-electron chi connectivity index (χ3n) is 5.49. The molecule has 0 fully saturated rings. The number of anilines is 1. The molecule has 0 spiro atoms. The number of pyridine rings is 1. The largest absolute Gasteiger partial charge is 0.497 e. The van der Waals surface area contributed by atoms with E-state index in [4.69, 9.17) is 4.74 Å². The Kier molecular flexibility index (Phi) is 6.03. The van der Waals surface area contributed by atoms with Gasteiger partial charge in [0, 0.05) is 35.3 Å². The summed E-state index contributed by atoms with van der Waals surface area (Å²) in [6.07, 6.45) is 4.53. The minimum atomic E-state index is 0.0562. The average molecular weight is 414 g/mol. The number of rotatable bonds is 7. The molecular weight excluding hydrogens is 386 g/mol. The van der Waals surface area contributed by atoms with Crippen LogP contribution in [0.3, 0.4) is 0 Å². The Labute approximate surface area is 182 Å². The number of hydrogen-bond donors (Lipinski definition) is 1. The van der Waals surface area contributed by atoms with E-state index in [0.717, 1.165) is 39.2 Å². The third kappa shape index (κ3) is 4.31. The van der Waals surface area contributed by atoms with Crippen LogP contribution in [0.1, 0.15) is 25.8 Å². The van der Waals surface area contributed by atoms with Crippen molar-refractivity contribution in [3.63, 3.8) is 0 Å². The maximum Gasteiger partial charge on any atom is 0.227 e. The van der Waals surface area contributed by atoms with Crippen molar-refractivity contribution in [2.75, 3.05) is 12.0 Å². The Bertz CT molecular complexity index is 1160. The number of carbonyl (C=O) groups is 1. The molecule has 0 aliphatic heterocycles. The predicted octanol–water partition coefficient (Wildman–Crippen LogP) is 5.61. The molecule has 0 bridgehead atoms. The zero-order valence-corrected chi connectivity index (χ0v) is 18.1. The Hall–Kier alpha value is -3.60. The summed E-state index contributed by atoms with van der Waals surface area (Å²) in [5, 5.41) is 1.15. The van der Waals surface area contributed by atoms with Crippen molar-refractivity contribution in [3.8, 4) is 17.0 Å². The number of hydrogen-bond acceptors (Lipinski definition) is 3. The van der Waals surface area contributed by atoms with Crippen LogP contribution >= 0.6 is 0 Å². The van der Waals surface area contributed by atoms with Crippen LogP contribution in [0.4, 0.5) is 5.69 Å². The molecule has 0 aliphatic rings. The number of nitrogens with zero attached hydrogens (tertiary/aromatic N) is 2. The molecule has 0 atom stereocenters. The number of methoxy groups -OCH3 is 1. The molecule has 158 valence electrons. The number of benzene rings is 2. The van der Waals surface area contributed by atoms with Gasteiger partial charge in [0.25, 0.3) is 0 Å². The standard InChI is InChI=1S/C26H27N3O2/c1-18(2)29(20-7-6-16-27-17-20)25(30)15-14-23-22-8-4-5-9-24(22)28-26(23)19-10-12-21(31-3)13-11-19/h4-13,16-18,28H,14-15H2,1-3H3. The highest BCUT2D eigenvalue weighted by Gasteiger charge is 2.21. The molecule has 5 heteroatoms. The summed E-state index contributed by atoms with van der Waals surface area (Å²) >= 11 is 0. The lowest BCUT2D eigenvalue weighted by molar-refractivity contribution is -0.118. The Morgan fingerprint density at radius 1 is 1.06 bits per heavy atom. The van der Waals surface area contributed by atoms with E-state index in [-0.39, 0.29) is 11.9 Å². The monoisotopic (exact) mass is 413 g/mol. The van der Waals surface area contributed by atoms with Gasteiger partial charge in [-0.05, 0) is 73.9 Å². The summed E-state index contributed by atoms with van der Waals surface area (Å²) in [7, 11) is 1.66. The number of aryl methyl sites for hydroxylation is 1. The maximum absolute atomic E-state index is 13.2. The summed E-state index contributed by atoms with van der Waals surface area (Å²) in [5.41, 5.74) is 5.19. The minimum Gasteiger partial charge on any atom is -0.497 e. The molecule has 0 radical (unpaired) electrons. The Balaban J connectivity index is 1.65. The number of H-pyrrole nitrogens is 1. The summed E-state index contributed by atoms with van der Waals surface area (Å²) in [6.45, 7) is 4.05. The molecule has 1 N–H and O–H groups in total. The second-order valence-corrected chi connectivity index (χ2v) is 7.82. The number of ether oxygens (including phenoxy) is 1. The van der Waals surface area contributed by atoms with Crippen molar-refractivity contribution in [2.45, 2.75) is 32.7 Å². The lowest BCUT2D eigenvalue weighted by atomic mass is 10.0. The topological polar surface area (TPSA) is 58.2 Å². The van der Waals surface area contributed by atoms with Crippen LogP contribution < -0.4 is 9.64 Å². The van der Waals surface area contributed by atoms with Crippen molar-refractivity contribution in [1.82, 2.24) is 9.97 Å². The number of aromatic nitrogens is 2. The smallest absolute Gasteiger partial charge is 0.227 e. The van der Waals surface area contributed by atoms with Gasteiger partial charge in [-0.25, -0.2) is 0 Å². The molecule has 4 aromatic rings. The van der Waals surface area contributed by atoms with Gasteiger partial charge in [0.15, 0.2) is 0 Å². The van der Waals surface area contributed by atoms with E-state index in [2.05, 4.69) is 22.1 Å². The molecule has 0 unspecified atom stereocenters. The van der Waals surface area contributed by atoms with Gasteiger partial charge in [0.05, 0.1) is 19.0 Å². The lowest BCUT2D eigenvalue weighted by Crippen LogP contribution is -2.37. The molecule has 1 amide bonds. The predicted molar refractivity (Wildman–Crippen MR) is 125 cm³/mol. The number of para-hydroxylation sites is 1. The molecule has 0 saturated carbocycles. The molecule has 31 heavy (non-hydrogen) atoms. The number of amides is 1. The number of nitrogens with one attached hydrogen (secondary N) is 1. The molecule has 2 heterocycles. The van der Waals surface area contributed by atoms with Crippen molar-refractivity contribution >= 4 is 22.5 Å². The van der Waals surface area contributed by atoms with E-state index in [1.54, 1.807) is 19.5 Å². The lowest BCUT2D eigenvalue weighted by Gasteiger charge is -2.26. The van der Waals surface area contributed by atoms with Gasteiger partial charge in [-0.15, -0.1) is 0 Å². The first-order chi connectivity index (χ1) is 15.1. The summed E-state index contributed by atoms with van der Waals surface area (Å²) in [4.78, 5) is 22.8. The molecule has 0 saturated heterocycles. The van der Waals surface area contributed by atoms with Gasteiger partial charge < -0.3 is 14.6 Å². The van der Waals surface area contributed by atoms with Gasteiger partial charge in [-0.3, -0.25) is 9.78 Å². The van der Waals surface area contributed by atoms with Gasteiger partial charge in [-0.1, -0.05) is 18.2 Å². The summed E-state index contributed by atoms with van der Waals surface area (Å²) in [6, 6.07) is 20.1. The fourth-order valence-electron chi connectivity index (χ4n) is 4.04. The number of carbonyl (C=O) groups excluding carboxylic acids is 1. The average Bonchev–Trinajstić information content (AvgIpc) is 3.17. The first-order valence-corrected chi connectivity index (χ1v) is 10.5. The van der Waals surface area contributed by atoms with Crippen LogP contribution in [-0.4, -0.2) is 29.0 Å². The van der Waals surface area contributed by atoms with Gasteiger partial charge in [0.2, 0.25) is 5.91 Å². The molecule has 2 aromatic heterocycles. The third-order valence-corrected chi connectivity index (χ3v) is 5.49. The van der Waals surface area contributed by atoms with Gasteiger partial charge >= 0.3 is 0 Å². The SMILES string of the molecule is COc1ccc(-c2[nH]c3ccccc3c2CCC(=O)N(c2cccnc2)C(C)C)cc1. The molecular formula is C26H27N3O2. The highest BCUT2D eigenvalue weighted by atomic mass is 16.5. The molecule has 0 aliphatic carbocycles. The van der Waals surface area contributed by atoms with E-state index in [1.165, 1.54) is 0 Å². The van der Waals surface area contributed by atoms with E-state index in [9.17, 15) is 4.79 Å². The zero-order chi connectivity index (χ0) is 21.8. The van der Waals surface area contributed by atoms with Crippen molar-refractivity contribution in [2.24, 2.45) is 0 Å². The van der Waals surface area contributed by atoms with Gasteiger partial charge in [0.1, 0.15) is 5.75 Å². The normalized spacial score (nSPS) is 11.1. The van der Waals surface area contributed by atoms with Crippen LogP contribution in [0, 0.1) is 0 Å². The highest BCUT2D eigenvalue weighted by Crippen LogP contribution is 2.32. The summed E-state index contributed by atoms with van der Waals surface area (Å²) < 4.78 is 5.30. The van der Waals surface area contributed by atoms with Gasteiger partial charge in [-0.2, -0.15) is 0 Å². The van der Waals surface area contributed by atoms with Crippen molar-refractivity contribution < 1.29 is 9.53 Å². The van der Waals surface area contributed by atoms with Crippen molar-refractivity contribution in [1.29, 1.82) is 0 Å². The quantitative estimate of drug-likeness (QED) is 0.428. The maximum atomic E-state index is 13.2. The van der Waals surface area contributed by atoms with Crippen LogP contribution in [0.15, 0.2) is 73.1 Å². The van der Waals surface area contributed by atoms with Crippen LogP contribution in [-0.2, 0) is 11.2 Å². The summed E-state index contributed by atoms with van der Waals surface area (Å²) in [5.74, 6) is 0.912. The Morgan fingerprint density at radius 3 is 2.52 bits per heavy atom. The van der Waals surface area contributed by atoms with E-state index in [1.807, 2.05) is 67.3 Å². The van der Waals surface area contributed by atoms with E-state index in [0.29, 0.717) is 12.8 Å². The van der Waals surface area contributed by atoms with E-state index >= 15 is 0 Å². The number of fused-ring (bicyclic) bond motifs is 1. The Morgan fingerprint density at radius 2 is 1.84 bits per heavy atom. The van der Waals surface area contributed by atoms with Crippen molar-refractivity contribution in [3.05, 3.63) is 78.6 Å². The van der Waals surface area contributed by atoms with Crippen LogP contribution in [0.5, 0.6) is 5.75 Å². The van der Waals surface area contributed by atoms with E-state index < -0.39 is 0 Å².